The Hall–Kier alpha value is -3.02. The largest absolute Gasteiger partial charge is 0.497 e. The van der Waals surface area contributed by atoms with E-state index in [2.05, 4.69) is 5.32 Å². The standard InChI is InChI=1S/C24H32N2O4/c1-6-13-25-24(28)19(4)26(15-20-10-8-11-21(14-20)29-5)23(27)16-30-22-12-7-9-17(2)18(22)3/h7-12,14,19H,6,13,15-16H2,1-5H3,(H,25,28). The van der Waals surface area contributed by atoms with Crippen molar-refractivity contribution in [1.82, 2.24) is 10.2 Å². The van der Waals surface area contributed by atoms with Crippen LogP contribution in [-0.2, 0) is 16.1 Å². The van der Waals surface area contributed by atoms with Crippen molar-refractivity contribution < 1.29 is 19.1 Å². The van der Waals surface area contributed by atoms with Gasteiger partial charge in [-0.15, -0.1) is 0 Å². The number of aryl methyl sites for hydroxylation is 1. The first-order valence-corrected chi connectivity index (χ1v) is 10.3. The van der Waals surface area contributed by atoms with Crippen molar-refractivity contribution in [3.63, 3.8) is 0 Å². The molecule has 0 saturated heterocycles. The Kier molecular flexibility index (Phi) is 8.71. The summed E-state index contributed by atoms with van der Waals surface area (Å²) in [6, 6.07) is 12.6. The predicted molar refractivity (Wildman–Crippen MR) is 118 cm³/mol. The Labute approximate surface area is 179 Å². The summed E-state index contributed by atoms with van der Waals surface area (Å²) in [7, 11) is 1.60. The molecule has 2 amide bonds. The van der Waals surface area contributed by atoms with E-state index in [1.807, 2.05) is 63.2 Å². The lowest BCUT2D eigenvalue weighted by Gasteiger charge is -2.29. The van der Waals surface area contributed by atoms with Crippen molar-refractivity contribution in [2.75, 3.05) is 20.3 Å². The fourth-order valence-corrected chi connectivity index (χ4v) is 3.05. The third-order valence-electron chi connectivity index (χ3n) is 5.11. The molecule has 6 nitrogen and oxygen atoms in total. The Morgan fingerprint density at radius 1 is 1.13 bits per heavy atom. The number of hydrogen-bond acceptors (Lipinski definition) is 4. The number of benzene rings is 2. The van der Waals surface area contributed by atoms with Gasteiger partial charge in [0.25, 0.3) is 5.91 Å². The quantitative estimate of drug-likeness (QED) is 0.647. The molecule has 2 aromatic rings. The molecule has 2 rings (SSSR count). The highest BCUT2D eigenvalue weighted by Crippen LogP contribution is 2.21. The van der Waals surface area contributed by atoms with Crippen LogP contribution in [0, 0.1) is 13.8 Å². The highest BCUT2D eigenvalue weighted by molar-refractivity contribution is 5.88. The maximum absolute atomic E-state index is 13.1. The highest BCUT2D eigenvalue weighted by Gasteiger charge is 2.26. The van der Waals surface area contributed by atoms with Gasteiger partial charge < -0.3 is 19.7 Å². The van der Waals surface area contributed by atoms with Crippen LogP contribution in [0.1, 0.15) is 37.0 Å². The summed E-state index contributed by atoms with van der Waals surface area (Å²) in [4.78, 5) is 27.2. The zero-order chi connectivity index (χ0) is 22.1. The van der Waals surface area contributed by atoms with Gasteiger partial charge in [0.15, 0.2) is 6.61 Å². The number of rotatable bonds is 10. The molecule has 0 aliphatic rings. The van der Waals surface area contributed by atoms with Gasteiger partial charge >= 0.3 is 0 Å². The zero-order valence-corrected chi connectivity index (χ0v) is 18.5. The Balaban J connectivity index is 2.18. The van der Waals surface area contributed by atoms with Crippen LogP contribution in [0.2, 0.25) is 0 Å². The number of carbonyl (C=O) groups is 2. The van der Waals surface area contributed by atoms with Crippen LogP contribution in [-0.4, -0.2) is 43.0 Å². The molecule has 0 aliphatic heterocycles. The molecule has 0 fully saturated rings. The van der Waals surface area contributed by atoms with Gasteiger partial charge in [0.1, 0.15) is 17.5 Å². The zero-order valence-electron chi connectivity index (χ0n) is 18.5. The van der Waals surface area contributed by atoms with Crippen LogP contribution >= 0.6 is 0 Å². The lowest BCUT2D eigenvalue weighted by Crippen LogP contribution is -2.49. The van der Waals surface area contributed by atoms with Gasteiger partial charge in [0.2, 0.25) is 5.91 Å². The van der Waals surface area contributed by atoms with E-state index in [1.54, 1.807) is 18.9 Å². The summed E-state index contributed by atoms with van der Waals surface area (Å²) >= 11 is 0. The third-order valence-corrected chi connectivity index (χ3v) is 5.11. The van der Waals surface area contributed by atoms with Crippen LogP contribution in [0.5, 0.6) is 11.5 Å². The molecule has 0 aromatic heterocycles. The summed E-state index contributed by atoms with van der Waals surface area (Å²) in [5.74, 6) is 0.945. The number of ether oxygens (including phenoxy) is 2. The molecular weight excluding hydrogens is 380 g/mol. The van der Waals surface area contributed by atoms with Crippen LogP contribution in [0.4, 0.5) is 0 Å². The molecule has 0 saturated carbocycles. The average molecular weight is 413 g/mol. The summed E-state index contributed by atoms with van der Waals surface area (Å²) in [6.45, 7) is 8.41. The molecule has 162 valence electrons. The Morgan fingerprint density at radius 2 is 1.87 bits per heavy atom. The van der Waals surface area contributed by atoms with Crippen molar-refractivity contribution in [1.29, 1.82) is 0 Å². The summed E-state index contributed by atoms with van der Waals surface area (Å²) in [5, 5.41) is 2.87. The minimum atomic E-state index is -0.627. The predicted octanol–water partition coefficient (Wildman–Crippen LogP) is 3.63. The Morgan fingerprint density at radius 3 is 2.57 bits per heavy atom. The number of amides is 2. The van der Waals surface area contributed by atoms with Gasteiger partial charge in [-0.1, -0.05) is 31.2 Å². The molecule has 1 atom stereocenters. The fraction of sp³-hybridized carbons (Fsp3) is 0.417. The van der Waals surface area contributed by atoms with Gasteiger partial charge in [0.05, 0.1) is 7.11 Å². The fourth-order valence-electron chi connectivity index (χ4n) is 3.05. The van der Waals surface area contributed by atoms with Crippen molar-refractivity contribution in [3.8, 4) is 11.5 Å². The van der Waals surface area contributed by atoms with Crippen LogP contribution < -0.4 is 14.8 Å². The highest BCUT2D eigenvalue weighted by atomic mass is 16.5. The third kappa shape index (κ3) is 6.24. The van der Waals surface area contributed by atoms with Gasteiger partial charge in [0, 0.05) is 13.1 Å². The van der Waals surface area contributed by atoms with Crippen molar-refractivity contribution in [2.24, 2.45) is 0 Å². The number of methoxy groups -OCH3 is 1. The number of carbonyl (C=O) groups excluding carboxylic acids is 2. The maximum Gasteiger partial charge on any atom is 0.261 e. The molecule has 0 spiro atoms. The number of hydrogen-bond donors (Lipinski definition) is 1. The van der Waals surface area contributed by atoms with Crippen molar-refractivity contribution in [3.05, 3.63) is 59.2 Å². The van der Waals surface area contributed by atoms with Gasteiger partial charge in [-0.25, -0.2) is 0 Å². The lowest BCUT2D eigenvalue weighted by molar-refractivity contribution is -0.142. The van der Waals surface area contributed by atoms with E-state index in [9.17, 15) is 9.59 Å². The van der Waals surface area contributed by atoms with Crippen molar-refractivity contribution in [2.45, 2.75) is 46.7 Å². The Bertz CT molecular complexity index is 866. The van der Waals surface area contributed by atoms with Crippen LogP contribution in [0.25, 0.3) is 0 Å². The second-order valence-corrected chi connectivity index (χ2v) is 7.33. The molecule has 6 heteroatoms. The second kappa shape index (κ2) is 11.2. The van der Waals surface area contributed by atoms with Gasteiger partial charge in [-0.2, -0.15) is 0 Å². The van der Waals surface area contributed by atoms with Crippen molar-refractivity contribution >= 4 is 11.8 Å². The van der Waals surface area contributed by atoms with E-state index < -0.39 is 6.04 Å². The SMILES string of the molecule is CCCNC(=O)C(C)N(Cc1cccc(OC)c1)C(=O)COc1cccc(C)c1C. The minimum Gasteiger partial charge on any atom is -0.497 e. The molecule has 0 bridgehead atoms. The molecule has 0 radical (unpaired) electrons. The molecule has 1 unspecified atom stereocenters. The minimum absolute atomic E-state index is 0.139. The molecule has 30 heavy (non-hydrogen) atoms. The summed E-state index contributed by atoms with van der Waals surface area (Å²) in [5.41, 5.74) is 2.98. The number of nitrogens with one attached hydrogen (secondary N) is 1. The van der Waals surface area contributed by atoms with Gasteiger partial charge in [-0.3, -0.25) is 9.59 Å². The first-order valence-electron chi connectivity index (χ1n) is 10.3. The monoisotopic (exact) mass is 412 g/mol. The van der Waals surface area contributed by atoms with E-state index in [4.69, 9.17) is 9.47 Å². The van der Waals surface area contributed by atoms with Crippen LogP contribution in [0.15, 0.2) is 42.5 Å². The topological polar surface area (TPSA) is 67.9 Å². The molecule has 0 aliphatic carbocycles. The van der Waals surface area contributed by atoms with E-state index in [0.717, 1.165) is 23.1 Å². The normalized spacial score (nSPS) is 11.5. The molecule has 2 aromatic carbocycles. The first-order chi connectivity index (χ1) is 14.4. The maximum atomic E-state index is 13.1. The van der Waals surface area contributed by atoms with E-state index in [0.29, 0.717) is 18.0 Å². The van der Waals surface area contributed by atoms with E-state index >= 15 is 0 Å². The lowest BCUT2D eigenvalue weighted by atomic mass is 10.1. The average Bonchev–Trinajstić information content (AvgIpc) is 2.76. The first kappa shape index (κ1) is 23.3. The second-order valence-electron chi connectivity index (χ2n) is 7.33. The molecule has 0 heterocycles. The van der Waals surface area contributed by atoms with E-state index in [1.165, 1.54) is 0 Å². The number of nitrogens with zero attached hydrogens (tertiary/aromatic N) is 1. The smallest absolute Gasteiger partial charge is 0.261 e. The summed E-state index contributed by atoms with van der Waals surface area (Å²) < 4.78 is 11.1. The van der Waals surface area contributed by atoms with Crippen LogP contribution in [0.3, 0.4) is 0 Å². The molecular formula is C24H32N2O4. The van der Waals surface area contributed by atoms with E-state index in [-0.39, 0.29) is 25.0 Å². The van der Waals surface area contributed by atoms with Gasteiger partial charge in [-0.05, 0) is 62.1 Å². The molecule has 1 N–H and O–H groups in total. The summed E-state index contributed by atoms with van der Waals surface area (Å²) in [6.07, 6.45) is 0.831.